The van der Waals surface area contributed by atoms with Gasteiger partial charge in [0, 0.05) is 0 Å². The van der Waals surface area contributed by atoms with Crippen LogP contribution in [0.3, 0.4) is 0 Å². The average Bonchev–Trinajstić information content (AvgIpc) is 2.60. The third kappa shape index (κ3) is 4.01. The van der Waals surface area contributed by atoms with Crippen molar-refractivity contribution in [3.05, 3.63) is 70.5 Å². The molecule has 2 atom stereocenters. The Hall–Kier alpha value is -1.93. The maximum atomic E-state index is 13.3. The van der Waals surface area contributed by atoms with Crippen LogP contribution in [0.15, 0.2) is 42.5 Å². The fraction of sp³-hybridized carbons (Fsp3) is 0.350. The highest BCUT2D eigenvalue weighted by Crippen LogP contribution is 2.40. The van der Waals surface area contributed by atoms with E-state index in [9.17, 15) is 14.6 Å². The van der Waals surface area contributed by atoms with Crippen LogP contribution >= 0.6 is 11.6 Å². The molecule has 0 aliphatic rings. The predicted octanol–water partition coefficient (Wildman–Crippen LogP) is 4.08. The number of aliphatic hydroxyl groups is 2. The Morgan fingerprint density at radius 2 is 1.84 bits per heavy atom. The quantitative estimate of drug-likeness (QED) is 0.762. The smallest absolute Gasteiger partial charge is 0.131 e. The van der Waals surface area contributed by atoms with Crippen molar-refractivity contribution >= 4 is 11.6 Å². The summed E-state index contributed by atoms with van der Waals surface area (Å²) < 4.78 is 13.3. The van der Waals surface area contributed by atoms with Gasteiger partial charge in [-0.2, -0.15) is 5.26 Å². The van der Waals surface area contributed by atoms with Crippen molar-refractivity contribution in [2.24, 2.45) is 5.92 Å². The molecule has 3 nitrogen and oxygen atoms in total. The van der Waals surface area contributed by atoms with Crippen LogP contribution in [0.4, 0.5) is 4.39 Å². The van der Waals surface area contributed by atoms with Crippen LogP contribution in [0.5, 0.6) is 0 Å². The van der Waals surface area contributed by atoms with Gasteiger partial charge in [0.15, 0.2) is 0 Å². The third-order valence-electron chi connectivity index (χ3n) is 4.23. The average molecular weight is 362 g/mol. The molecule has 2 aromatic carbocycles. The minimum absolute atomic E-state index is 0.227. The molecule has 0 unspecified atom stereocenters. The van der Waals surface area contributed by atoms with Gasteiger partial charge >= 0.3 is 0 Å². The fourth-order valence-corrected chi connectivity index (χ4v) is 3.56. The minimum atomic E-state index is -1.62. The molecular weight excluding hydrogens is 341 g/mol. The van der Waals surface area contributed by atoms with Crippen LogP contribution in [0.25, 0.3) is 0 Å². The molecule has 0 aliphatic heterocycles. The second kappa shape index (κ2) is 7.97. The molecule has 0 amide bonds. The van der Waals surface area contributed by atoms with Gasteiger partial charge in [-0.1, -0.05) is 32.0 Å². The first kappa shape index (κ1) is 19.4. The maximum Gasteiger partial charge on any atom is 0.131 e. The molecule has 25 heavy (non-hydrogen) atoms. The van der Waals surface area contributed by atoms with Crippen LogP contribution in [-0.4, -0.2) is 15.6 Å². The van der Waals surface area contributed by atoms with E-state index in [0.717, 1.165) is 0 Å². The van der Waals surface area contributed by atoms with E-state index in [1.807, 2.05) is 19.9 Å². The first-order valence-electron chi connectivity index (χ1n) is 8.09. The van der Waals surface area contributed by atoms with Crippen molar-refractivity contribution < 1.29 is 14.6 Å². The third-order valence-corrected chi connectivity index (χ3v) is 4.73. The zero-order valence-electron chi connectivity index (χ0n) is 14.2. The lowest BCUT2D eigenvalue weighted by molar-refractivity contribution is 0.0668. The summed E-state index contributed by atoms with van der Waals surface area (Å²) in [5, 5.41) is 29.7. The van der Waals surface area contributed by atoms with Crippen molar-refractivity contribution in [3.8, 4) is 6.07 Å². The molecule has 0 saturated carbocycles. The van der Waals surface area contributed by atoms with Crippen molar-refractivity contribution in [1.29, 1.82) is 5.26 Å². The van der Waals surface area contributed by atoms with Gasteiger partial charge in [-0.05, 0) is 53.3 Å². The van der Waals surface area contributed by atoms with E-state index >= 15 is 0 Å². The lowest BCUT2D eigenvalue weighted by Crippen LogP contribution is -2.39. The maximum absolute atomic E-state index is 13.3. The minimum Gasteiger partial charge on any atom is -0.392 e. The summed E-state index contributed by atoms with van der Waals surface area (Å²) in [5.41, 5.74) is 0.0331. The lowest BCUT2D eigenvalue weighted by atomic mass is 9.78. The first-order chi connectivity index (χ1) is 11.8. The van der Waals surface area contributed by atoms with Crippen LogP contribution in [0.2, 0.25) is 0 Å². The van der Waals surface area contributed by atoms with Gasteiger partial charge < -0.3 is 10.2 Å². The van der Waals surface area contributed by atoms with E-state index in [-0.39, 0.29) is 12.5 Å². The topological polar surface area (TPSA) is 64.2 Å². The molecule has 0 fully saturated rings. The van der Waals surface area contributed by atoms with Crippen molar-refractivity contribution in [3.63, 3.8) is 0 Å². The Labute approximate surface area is 152 Å². The Bertz CT molecular complexity index is 770. The highest BCUT2D eigenvalue weighted by molar-refractivity contribution is 6.21. The Kier molecular flexibility index (Phi) is 6.18. The highest BCUT2D eigenvalue weighted by atomic mass is 35.5. The summed E-state index contributed by atoms with van der Waals surface area (Å²) in [6.07, 6.45) is 0.514. The van der Waals surface area contributed by atoms with E-state index in [1.54, 1.807) is 12.1 Å². The molecule has 0 radical (unpaired) electrons. The summed E-state index contributed by atoms with van der Waals surface area (Å²) in [7, 11) is 0. The number of aliphatic hydroxyl groups excluding tert-OH is 1. The van der Waals surface area contributed by atoms with Gasteiger partial charge in [-0.25, -0.2) is 4.39 Å². The van der Waals surface area contributed by atoms with Gasteiger partial charge in [-0.3, -0.25) is 0 Å². The lowest BCUT2D eigenvalue weighted by Gasteiger charge is -2.36. The zero-order valence-corrected chi connectivity index (χ0v) is 15.0. The monoisotopic (exact) mass is 361 g/mol. The Balaban J connectivity index is 2.67. The van der Waals surface area contributed by atoms with Crippen LogP contribution in [0, 0.1) is 23.1 Å². The molecule has 0 aliphatic carbocycles. The number of benzene rings is 2. The number of hydrogen-bond donors (Lipinski definition) is 2. The molecule has 0 spiro atoms. The highest BCUT2D eigenvalue weighted by Gasteiger charge is 2.41. The van der Waals surface area contributed by atoms with E-state index in [0.29, 0.717) is 28.7 Å². The first-order valence-corrected chi connectivity index (χ1v) is 8.53. The van der Waals surface area contributed by atoms with Gasteiger partial charge in [0.1, 0.15) is 11.4 Å². The summed E-state index contributed by atoms with van der Waals surface area (Å²) in [6.45, 7) is 3.64. The summed E-state index contributed by atoms with van der Waals surface area (Å²) in [4.78, 5) is 0. The molecule has 0 aromatic heterocycles. The Morgan fingerprint density at radius 1 is 1.20 bits per heavy atom. The molecular formula is C20H21ClFNO2. The molecule has 5 heteroatoms. The molecule has 2 rings (SSSR count). The second-order valence-corrected chi connectivity index (χ2v) is 7.04. The second-order valence-electron chi connectivity index (χ2n) is 6.51. The summed E-state index contributed by atoms with van der Waals surface area (Å²) in [5.74, 6) is -0.186. The summed E-state index contributed by atoms with van der Waals surface area (Å²) >= 11 is 6.60. The number of hydrogen-bond acceptors (Lipinski definition) is 3. The van der Waals surface area contributed by atoms with Gasteiger partial charge in [0.05, 0.1) is 23.6 Å². The number of rotatable bonds is 6. The molecule has 0 heterocycles. The van der Waals surface area contributed by atoms with Gasteiger partial charge in [0.2, 0.25) is 0 Å². The van der Waals surface area contributed by atoms with E-state index in [1.165, 1.54) is 30.3 Å². The number of alkyl halides is 1. The number of nitrogens with zero attached hydrogens (tertiary/aromatic N) is 1. The normalized spacial score (nSPS) is 14.8. The van der Waals surface area contributed by atoms with Gasteiger partial charge in [0.25, 0.3) is 0 Å². The number of halogens is 2. The molecule has 0 bridgehead atoms. The van der Waals surface area contributed by atoms with E-state index in [4.69, 9.17) is 16.9 Å². The van der Waals surface area contributed by atoms with Gasteiger partial charge in [-0.15, -0.1) is 11.6 Å². The number of nitriles is 1. The van der Waals surface area contributed by atoms with Crippen molar-refractivity contribution in [1.82, 2.24) is 0 Å². The van der Waals surface area contributed by atoms with Crippen LogP contribution in [0.1, 0.15) is 42.5 Å². The van der Waals surface area contributed by atoms with Crippen molar-refractivity contribution in [2.75, 3.05) is 0 Å². The summed E-state index contributed by atoms with van der Waals surface area (Å²) in [6, 6.07) is 12.2. The van der Waals surface area contributed by atoms with E-state index in [2.05, 4.69) is 0 Å². The van der Waals surface area contributed by atoms with Crippen LogP contribution < -0.4 is 0 Å². The Morgan fingerprint density at radius 3 is 2.36 bits per heavy atom. The molecule has 2 N–H and O–H groups in total. The standard InChI is InChI=1S/C20H21ClFNO2/c1-13(2)9-19(21)20(25,16-4-6-17(22)7-5-16)18-8-3-14(11-23)10-15(18)12-24/h3-8,10,13,19,24-25H,9,12H2,1-2H3/t19-,20-/m0/s1. The van der Waals surface area contributed by atoms with Crippen molar-refractivity contribution in [2.45, 2.75) is 37.9 Å². The molecule has 2 aromatic rings. The fourth-order valence-electron chi connectivity index (χ4n) is 2.96. The zero-order chi connectivity index (χ0) is 18.6. The SMILES string of the molecule is CC(C)C[C@H](Cl)[C@](O)(c1ccc(F)cc1)c1ccc(C#N)cc1CO. The predicted molar refractivity (Wildman–Crippen MR) is 95.6 cm³/mol. The largest absolute Gasteiger partial charge is 0.392 e. The molecule has 132 valence electrons. The molecule has 0 saturated heterocycles. The van der Waals surface area contributed by atoms with Crippen LogP contribution in [-0.2, 0) is 12.2 Å². The van der Waals surface area contributed by atoms with E-state index < -0.39 is 16.8 Å².